The van der Waals surface area contributed by atoms with Crippen LogP contribution in [0.4, 0.5) is 0 Å². The van der Waals surface area contributed by atoms with Crippen LogP contribution in [0.5, 0.6) is 0 Å². The lowest BCUT2D eigenvalue weighted by atomic mass is 9.42. The van der Waals surface area contributed by atoms with Crippen molar-refractivity contribution in [2.45, 2.75) is 58.5 Å². The zero-order valence-electron chi connectivity index (χ0n) is 18.3. The monoisotopic (exact) mass is 412 g/mol. The lowest BCUT2D eigenvalue weighted by Crippen LogP contribution is -2.64. The van der Waals surface area contributed by atoms with Gasteiger partial charge in [-0.15, -0.1) is 0 Å². The number of allylic oxidation sites excluding steroid dienone is 1. The normalized spacial score (nSPS) is 43.7. The first kappa shape index (κ1) is 20.0. The van der Waals surface area contributed by atoms with Crippen LogP contribution in [0.1, 0.15) is 58.0 Å². The fourth-order valence-electron chi connectivity index (χ4n) is 8.48. The molecule has 162 valence electrons. The maximum atomic E-state index is 13.4. The number of furan rings is 1. The summed E-state index contributed by atoms with van der Waals surface area (Å²) >= 11 is 0. The van der Waals surface area contributed by atoms with Gasteiger partial charge in [0.15, 0.2) is 0 Å². The molecule has 5 heteroatoms. The number of methoxy groups -OCH3 is 1. The van der Waals surface area contributed by atoms with E-state index in [1.807, 2.05) is 12.1 Å². The molecule has 0 aromatic carbocycles. The third-order valence-electron chi connectivity index (χ3n) is 9.31. The predicted molar refractivity (Wildman–Crippen MR) is 111 cm³/mol. The number of aldehydes is 1. The lowest BCUT2D eigenvalue weighted by Gasteiger charge is -2.57. The third kappa shape index (κ3) is 1.94. The van der Waals surface area contributed by atoms with Gasteiger partial charge >= 0.3 is 5.97 Å². The van der Waals surface area contributed by atoms with E-state index in [-0.39, 0.29) is 17.8 Å². The fraction of sp³-hybridized carbons (Fsp3) is 0.680. The summed E-state index contributed by atoms with van der Waals surface area (Å²) in [5, 5.41) is 11.0. The highest BCUT2D eigenvalue weighted by Crippen LogP contribution is 2.82. The van der Waals surface area contributed by atoms with E-state index >= 15 is 0 Å². The second kappa shape index (κ2) is 6.32. The quantitative estimate of drug-likeness (QED) is 0.546. The van der Waals surface area contributed by atoms with E-state index in [1.54, 1.807) is 7.11 Å². The van der Waals surface area contributed by atoms with E-state index < -0.39 is 22.2 Å². The first-order valence-electron chi connectivity index (χ1n) is 11.3. The minimum atomic E-state index is -1.23. The molecule has 0 amide bonds. The summed E-state index contributed by atoms with van der Waals surface area (Å²) in [7, 11) is 1.62. The molecule has 1 aromatic rings. The first-order valence-corrected chi connectivity index (χ1v) is 11.3. The highest BCUT2D eigenvalue weighted by atomic mass is 16.5. The van der Waals surface area contributed by atoms with Crippen molar-refractivity contribution in [1.29, 1.82) is 0 Å². The average molecular weight is 413 g/mol. The lowest BCUT2D eigenvalue weighted by molar-refractivity contribution is -0.173. The molecule has 0 aliphatic heterocycles. The highest BCUT2D eigenvalue weighted by Gasteiger charge is 2.85. The van der Waals surface area contributed by atoms with Gasteiger partial charge in [0.2, 0.25) is 0 Å². The topological polar surface area (TPSA) is 76.7 Å². The van der Waals surface area contributed by atoms with Gasteiger partial charge in [-0.2, -0.15) is 0 Å². The summed E-state index contributed by atoms with van der Waals surface area (Å²) in [5.74, 6) is 1.64. The Labute approximate surface area is 177 Å². The molecule has 7 atom stereocenters. The zero-order chi connectivity index (χ0) is 21.5. The van der Waals surface area contributed by atoms with Gasteiger partial charge in [0.05, 0.1) is 10.8 Å². The van der Waals surface area contributed by atoms with Crippen LogP contribution in [0.25, 0.3) is 0 Å². The van der Waals surface area contributed by atoms with E-state index in [4.69, 9.17) is 9.15 Å². The largest absolute Gasteiger partial charge is 0.481 e. The van der Waals surface area contributed by atoms with Gasteiger partial charge in [0.25, 0.3) is 0 Å². The minimum Gasteiger partial charge on any atom is -0.481 e. The number of fused-ring (bicyclic) bond motifs is 2. The second-order valence-corrected chi connectivity index (χ2v) is 10.5. The number of carboxylic acids is 1. The van der Waals surface area contributed by atoms with Crippen LogP contribution in [0, 0.1) is 40.4 Å². The van der Waals surface area contributed by atoms with Gasteiger partial charge in [-0.25, -0.2) is 0 Å². The maximum absolute atomic E-state index is 13.4. The summed E-state index contributed by atoms with van der Waals surface area (Å²) in [5.41, 5.74) is -1.86. The van der Waals surface area contributed by atoms with Crippen LogP contribution in [-0.2, 0) is 26.3 Å². The van der Waals surface area contributed by atoms with Crippen LogP contribution in [0.3, 0.4) is 0 Å². The smallest absolute Gasteiger partial charge is 0.315 e. The van der Waals surface area contributed by atoms with E-state index in [0.717, 1.165) is 36.9 Å². The zero-order valence-corrected chi connectivity index (χ0v) is 18.3. The molecule has 0 saturated heterocycles. The molecule has 3 fully saturated rings. The Bertz CT molecular complexity index is 928. The molecule has 5 nitrogen and oxygen atoms in total. The Kier molecular flexibility index (Phi) is 4.22. The van der Waals surface area contributed by atoms with Crippen molar-refractivity contribution in [1.82, 2.24) is 0 Å². The van der Waals surface area contributed by atoms with Gasteiger partial charge in [-0.05, 0) is 61.0 Å². The number of carbonyl (C=O) groups is 2. The van der Waals surface area contributed by atoms with Crippen molar-refractivity contribution < 1.29 is 23.8 Å². The minimum absolute atomic E-state index is 0.00976. The third-order valence-corrected chi connectivity index (χ3v) is 9.31. The van der Waals surface area contributed by atoms with Gasteiger partial charge in [-0.1, -0.05) is 38.8 Å². The van der Waals surface area contributed by atoms with Gasteiger partial charge in [0.1, 0.15) is 29.8 Å². The Morgan fingerprint density at radius 3 is 2.73 bits per heavy atom. The Morgan fingerprint density at radius 2 is 2.10 bits per heavy atom. The number of ether oxygens (including phenoxy) is 1. The standard InChI is InChI=1S/C25H32O5/c1-14(2)20-9-16-10-23(13-26)19-7-5-15(3)18(19)11-24(16,25(20,23)22(27)28)21-8-6-17(30-21)12-29-4/h6,8-9,13-16,18-19H,5,7,10-12H2,1-4H3,(H,27,28)/t15-,16?,18-,19-,23?,24?,25?/m1/s1. The molecule has 4 bridgehead atoms. The predicted octanol–water partition coefficient (Wildman–Crippen LogP) is 4.60. The molecular weight excluding hydrogens is 380 g/mol. The molecule has 1 N–H and O–H groups in total. The number of hydrogen-bond acceptors (Lipinski definition) is 4. The van der Waals surface area contributed by atoms with Crippen LogP contribution < -0.4 is 0 Å². The molecule has 4 unspecified atom stereocenters. The van der Waals surface area contributed by atoms with E-state index in [9.17, 15) is 14.7 Å². The second-order valence-electron chi connectivity index (χ2n) is 10.5. The average Bonchev–Trinajstić information content (AvgIpc) is 3.42. The number of carbonyl (C=O) groups excluding carboxylic acids is 1. The van der Waals surface area contributed by atoms with Crippen LogP contribution in [-0.4, -0.2) is 24.5 Å². The first-order chi connectivity index (χ1) is 14.3. The van der Waals surface area contributed by atoms with Crippen molar-refractivity contribution in [2.24, 2.45) is 40.4 Å². The summed E-state index contributed by atoms with van der Waals surface area (Å²) in [6.45, 7) is 6.75. The molecule has 30 heavy (non-hydrogen) atoms. The number of rotatable bonds is 6. The molecule has 3 saturated carbocycles. The van der Waals surface area contributed by atoms with E-state index in [1.165, 1.54) is 0 Å². The molecular formula is C25H32O5. The van der Waals surface area contributed by atoms with Gasteiger partial charge < -0.3 is 19.1 Å². The molecule has 4 aliphatic rings. The van der Waals surface area contributed by atoms with Crippen molar-refractivity contribution in [3.63, 3.8) is 0 Å². The molecule has 4 aliphatic carbocycles. The number of hydrogen-bond donors (Lipinski definition) is 1. The van der Waals surface area contributed by atoms with E-state index in [0.29, 0.717) is 30.6 Å². The Balaban J connectivity index is 1.82. The summed E-state index contributed by atoms with van der Waals surface area (Å²) < 4.78 is 11.6. The summed E-state index contributed by atoms with van der Waals surface area (Å²) in [6.07, 6.45) is 6.66. The van der Waals surface area contributed by atoms with Crippen molar-refractivity contribution in [2.75, 3.05) is 7.11 Å². The van der Waals surface area contributed by atoms with Crippen molar-refractivity contribution in [3.05, 3.63) is 35.3 Å². The Hall–Kier alpha value is -1.88. The van der Waals surface area contributed by atoms with Crippen molar-refractivity contribution in [3.8, 4) is 0 Å². The fourth-order valence-corrected chi connectivity index (χ4v) is 8.48. The van der Waals surface area contributed by atoms with Crippen molar-refractivity contribution >= 4 is 12.3 Å². The van der Waals surface area contributed by atoms with E-state index in [2.05, 4.69) is 26.8 Å². The molecule has 1 aromatic heterocycles. The molecule has 1 heterocycles. The molecule has 5 rings (SSSR count). The van der Waals surface area contributed by atoms with Crippen LogP contribution in [0.2, 0.25) is 0 Å². The van der Waals surface area contributed by atoms with Gasteiger partial charge in [0, 0.05) is 7.11 Å². The molecule has 0 radical (unpaired) electrons. The molecule has 0 spiro atoms. The number of carboxylic acid groups (broad SMARTS) is 1. The van der Waals surface area contributed by atoms with Crippen LogP contribution >= 0.6 is 0 Å². The maximum Gasteiger partial charge on any atom is 0.315 e. The highest BCUT2D eigenvalue weighted by molar-refractivity contribution is 5.91. The van der Waals surface area contributed by atoms with Gasteiger partial charge in [-0.3, -0.25) is 4.79 Å². The van der Waals surface area contributed by atoms with Crippen LogP contribution in [0.15, 0.2) is 28.2 Å². The summed E-state index contributed by atoms with van der Waals surface area (Å²) in [6, 6.07) is 3.86. The SMILES string of the molecule is COCc1ccc(C23C[C@@H]4[C@H](C)CC[C@H]4C4(C=O)CC2C=C(C(C)C)C34C(=O)O)o1. The Morgan fingerprint density at radius 1 is 1.33 bits per heavy atom. The summed E-state index contributed by atoms with van der Waals surface area (Å²) in [4.78, 5) is 26.4. The number of aliphatic carboxylic acids is 1.